The van der Waals surface area contributed by atoms with Crippen molar-refractivity contribution in [2.45, 2.75) is 20.3 Å². The van der Waals surface area contributed by atoms with E-state index < -0.39 is 5.91 Å². The minimum absolute atomic E-state index is 0. The summed E-state index contributed by atoms with van der Waals surface area (Å²) in [6.07, 6.45) is 4.27. The molecule has 3 heteroatoms. The summed E-state index contributed by atoms with van der Waals surface area (Å²) < 4.78 is 0. The van der Waals surface area contributed by atoms with Gasteiger partial charge in [-0.25, -0.2) is 0 Å². The number of carbonyl (C=O) groups is 1. The summed E-state index contributed by atoms with van der Waals surface area (Å²) >= 11 is 0. The first-order valence-corrected chi connectivity index (χ1v) is 3.92. The van der Waals surface area contributed by atoms with Gasteiger partial charge in [0.25, 0.3) is 0 Å². The highest BCUT2D eigenvalue weighted by molar-refractivity contribution is 5.92. The van der Waals surface area contributed by atoms with Crippen molar-refractivity contribution in [3.8, 4) is 0 Å². The normalized spacial score (nSPS) is 8.17. The molecule has 0 fully saturated rings. The van der Waals surface area contributed by atoms with Crippen molar-refractivity contribution in [2.75, 3.05) is 0 Å². The zero-order chi connectivity index (χ0) is 9.40. The fraction of sp³-hybridized carbons (Fsp3) is 0.333. The Labute approximate surface area is 74.1 Å². The predicted molar refractivity (Wildman–Crippen MR) is 50.8 cm³/mol. The van der Waals surface area contributed by atoms with Crippen LogP contribution in [-0.4, -0.2) is 10.9 Å². The summed E-state index contributed by atoms with van der Waals surface area (Å²) in [6, 6.07) is 3.29. The molecule has 0 spiro atoms. The average molecular weight is 168 g/mol. The molecule has 1 rings (SSSR count). The van der Waals surface area contributed by atoms with Crippen LogP contribution in [0.1, 0.15) is 32.1 Å². The monoisotopic (exact) mass is 168 g/mol. The van der Waals surface area contributed by atoms with Gasteiger partial charge in [-0.3, -0.25) is 9.78 Å². The lowest BCUT2D eigenvalue weighted by Crippen LogP contribution is -2.10. The predicted octanol–water partition coefficient (Wildman–Crippen LogP) is 1.84. The highest BCUT2D eigenvalue weighted by Crippen LogP contribution is 1.91. The molecule has 0 aliphatic carbocycles. The van der Waals surface area contributed by atoms with E-state index >= 15 is 0 Å². The molecule has 0 saturated heterocycles. The van der Waals surface area contributed by atoms with Crippen LogP contribution in [0.4, 0.5) is 0 Å². The van der Waals surface area contributed by atoms with Crippen molar-refractivity contribution < 1.29 is 6.22 Å². The van der Waals surface area contributed by atoms with Crippen molar-refractivity contribution in [1.82, 2.24) is 4.98 Å². The van der Waals surface area contributed by atoms with Crippen molar-refractivity contribution in [3.05, 3.63) is 30.1 Å². The largest absolute Gasteiger partial charge is 0.366 e. The van der Waals surface area contributed by atoms with Crippen LogP contribution in [0.15, 0.2) is 24.5 Å². The first-order valence-electron chi connectivity index (χ1n) is 3.92. The van der Waals surface area contributed by atoms with Crippen LogP contribution in [0.25, 0.3) is 0 Å². The fourth-order valence-corrected chi connectivity index (χ4v) is 0.509. The Morgan fingerprint density at radius 2 is 2.25 bits per heavy atom. The van der Waals surface area contributed by atoms with E-state index in [-0.39, 0.29) is 1.43 Å². The number of primary amides is 1. The lowest BCUT2D eigenvalue weighted by atomic mass is 10.3. The maximum absolute atomic E-state index is 10.4. The first-order chi connectivity index (χ1) is 5.72. The summed E-state index contributed by atoms with van der Waals surface area (Å²) in [6.45, 7) is 4.25. The van der Waals surface area contributed by atoms with Gasteiger partial charge in [0.1, 0.15) is 0 Å². The van der Waals surface area contributed by atoms with Crippen LogP contribution in [0.2, 0.25) is 0 Å². The molecular formula is C9H16N2O. The topological polar surface area (TPSA) is 56.0 Å². The smallest absolute Gasteiger partial charge is 0.250 e. The van der Waals surface area contributed by atoms with Crippen LogP contribution < -0.4 is 5.73 Å². The number of hydrogen-bond donors (Lipinski definition) is 1. The Hall–Kier alpha value is -1.38. The zero-order valence-electron chi connectivity index (χ0n) is 7.45. The van der Waals surface area contributed by atoms with E-state index in [0.29, 0.717) is 5.56 Å². The summed E-state index contributed by atoms with van der Waals surface area (Å²) in [5.74, 6) is -0.442. The van der Waals surface area contributed by atoms with Crippen molar-refractivity contribution >= 4 is 5.91 Å². The molecule has 0 saturated carbocycles. The van der Waals surface area contributed by atoms with Gasteiger partial charge in [-0.15, -0.1) is 0 Å². The number of rotatable bonds is 1. The van der Waals surface area contributed by atoms with Crippen molar-refractivity contribution in [3.63, 3.8) is 0 Å². The molecule has 1 amide bonds. The van der Waals surface area contributed by atoms with Gasteiger partial charge in [0, 0.05) is 13.8 Å². The van der Waals surface area contributed by atoms with Crippen molar-refractivity contribution in [2.24, 2.45) is 5.73 Å². The maximum atomic E-state index is 10.4. The maximum Gasteiger partial charge on any atom is 0.250 e. The highest BCUT2D eigenvalue weighted by atomic mass is 16.1. The third-order valence-corrected chi connectivity index (χ3v) is 0.946. The minimum atomic E-state index is -0.442. The number of pyridine rings is 1. The van der Waals surface area contributed by atoms with E-state index in [1.54, 1.807) is 18.3 Å². The van der Waals surface area contributed by atoms with Gasteiger partial charge < -0.3 is 5.73 Å². The molecule has 1 heterocycles. The minimum Gasteiger partial charge on any atom is -0.366 e. The molecule has 0 aromatic carbocycles. The van der Waals surface area contributed by atoms with Gasteiger partial charge in [-0.2, -0.15) is 0 Å². The third kappa shape index (κ3) is 4.44. The number of nitrogens with two attached hydrogens (primary N) is 1. The highest BCUT2D eigenvalue weighted by Gasteiger charge is 1.94. The molecule has 0 radical (unpaired) electrons. The van der Waals surface area contributed by atoms with Crippen LogP contribution in [-0.2, 0) is 0 Å². The fourth-order valence-electron chi connectivity index (χ4n) is 0.509. The molecule has 0 atom stereocenters. The molecule has 0 unspecified atom stereocenters. The third-order valence-electron chi connectivity index (χ3n) is 0.946. The molecule has 2 N–H and O–H groups in total. The first kappa shape index (κ1) is 10.6. The molecule has 12 heavy (non-hydrogen) atoms. The van der Waals surface area contributed by atoms with Gasteiger partial charge in [0.15, 0.2) is 0 Å². The molecule has 1 aromatic heterocycles. The average Bonchev–Trinajstić information content (AvgIpc) is 2.07. The Balaban J connectivity index is 0. The van der Waals surface area contributed by atoms with Gasteiger partial charge >= 0.3 is 0 Å². The van der Waals surface area contributed by atoms with Gasteiger partial charge in [0.05, 0.1) is 5.56 Å². The van der Waals surface area contributed by atoms with Gasteiger partial charge in [-0.05, 0) is 12.1 Å². The van der Waals surface area contributed by atoms with E-state index in [2.05, 4.69) is 18.8 Å². The molecule has 1 aromatic rings. The van der Waals surface area contributed by atoms with Crippen LogP contribution >= 0.6 is 0 Å². The van der Waals surface area contributed by atoms with Crippen LogP contribution in [0.5, 0.6) is 0 Å². The Morgan fingerprint density at radius 3 is 2.50 bits per heavy atom. The lowest BCUT2D eigenvalue weighted by Gasteiger charge is -1.88. The quantitative estimate of drug-likeness (QED) is 0.695. The molecule has 0 aliphatic rings. The van der Waals surface area contributed by atoms with E-state index in [1.165, 1.54) is 12.6 Å². The Morgan fingerprint density at radius 1 is 1.67 bits per heavy atom. The Kier molecular flexibility index (Phi) is 5.61. The number of amides is 1. The molecule has 3 nitrogen and oxygen atoms in total. The van der Waals surface area contributed by atoms with Crippen LogP contribution in [0.3, 0.4) is 0 Å². The summed E-state index contributed by atoms with van der Waals surface area (Å²) in [5.41, 5.74) is 5.38. The molecular weight excluding hydrogens is 152 g/mol. The summed E-state index contributed by atoms with van der Waals surface area (Å²) in [4.78, 5) is 14.1. The van der Waals surface area contributed by atoms with E-state index in [1.807, 2.05) is 0 Å². The molecule has 68 valence electrons. The standard InChI is InChI=1S/C6H6N2O.C3H8.H2/c7-6(9)5-2-1-3-8-4-5;1-3-2;/h1-4H,(H2,7,9);3H2,1-2H3;1H. The van der Waals surface area contributed by atoms with E-state index in [4.69, 9.17) is 5.73 Å². The second kappa shape index (κ2) is 6.34. The number of hydrogen-bond acceptors (Lipinski definition) is 2. The Bertz CT molecular complexity index is 226. The van der Waals surface area contributed by atoms with Gasteiger partial charge in [-0.1, -0.05) is 20.3 Å². The molecule has 0 aliphatic heterocycles. The second-order valence-corrected chi connectivity index (χ2v) is 2.31. The lowest BCUT2D eigenvalue weighted by molar-refractivity contribution is 0.1000. The van der Waals surface area contributed by atoms with Crippen LogP contribution in [0, 0.1) is 0 Å². The second-order valence-electron chi connectivity index (χ2n) is 2.31. The number of aromatic nitrogens is 1. The SMILES string of the molecule is CCC.NC(=O)c1cccnc1.[HH]. The summed E-state index contributed by atoms with van der Waals surface area (Å²) in [7, 11) is 0. The summed E-state index contributed by atoms with van der Waals surface area (Å²) in [5, 5.41) is 0. The van der Waals surface area contributed by atoms with Crippen molar-refractivity contribution in [1.29, 1.82) is 0 Å². The van der Waals surface area contributed by atoms with Gasteiger partial charge in [0.2, 0.25) is 5.91 Å². The van der Waals surface area contributed by atoms with E-state index in [9.17, 15) is 4.79 Å². The van der Waals surface area contributed by atoms with E-state index in [0.717, 1.165) is 0 Å². The molecule has 0 bridgehead atoms. The number of carbonyl (C=O) groups excluding carboxylic acids is 1. The number of nitrogens with zero attached hydrogens (tertiary/aromatic N) is 1. The zero-order valence-corrected chi connectivity index (χ0v) is 7.45.